The zero-order valence-corrected chi connectivity index (χ0v) is 12.8. The molecule has 6 nitrogen and oxygen atoms in total. The van der Waals surface area contributed by atoms with Gasteiger partial charge in [-0.05, 0) is 25.6 Å². The van der Waals surface area contributed by atoms with Crippen molar-refractivity contribution in [3.8, 4) is 0 Å². The molecule has 0 aromatic carbocycles. The summed E-state index contributed by atoms with van der Waals surface area (Å²) in [5.74, 6) is -0.0430. The Balaban J connectivity index is 1.53. The quantitative estimate of drug-likeness (QED) is 0.847. The number of likely N-dealkylation sites (tertiary alicyclic amines) is 1. The summed E-state index contributed by atoms with van der Waals surface area (Å²) in [4.78, 5) is 28.7. The molecular weight excluding hydrogens is 278 g/mol. The van der Waals surface area contributed by atoms with Crippen molar-refractivity contribution in [2.45, 2.75) is 19.5 Å². The average Bonchev–Trinajstić information content (AvgIpc) is 2.47. The van der Waals surface area contributed by atoms with Gasteiger partial charge in [-0.3, -0.25) is 19.7 Å². The molecule has 0 bridgehead atoms. The van der Waals surface area contributed by atoms with Crippen molar-refractivity contribution in [2.75, 3.05) is 20.1 Å². The summed E-state index contributed by atoms with van der Waals surface area (Å²) in [5.41, 5.74) is 2.41. The first-order valence-electron chi connectivity index (χ1n) is 7.30. The molecule has 3 rings (SSSR count). The van der Waals surface area contributed by atoms with Crippen LogP contribution in [-0.2, 0) is 6.54 Å². The number of hydrogen-bond acceptors (Lipinski definition) is 5. The number of pyridine rings is 1. The van der Waals surface area contributed by atoms with E-state index >= 15 is 0 Å². The van der Waals surface area contributed by atoms with Gasteiger partial charge in [-0.25, -0.2) is 4.98 Å². The van der Waals surface area contributed by atoms with E-state index in [0.717, 1.165) is 25.3 Å². The first kappa shape index (κ1) is 14.6. The number of nitrogens with zero attached hydrogens (tertiary/aromatic N) is 5. The zero-order valence-electron chi connectivity index (χ0n) is 12.8. The van der Waals surface area contributed by atoms with E-state index in [1.54, 1.807) is 18.6 Å². The smallest absolute Gasteiger partial charge is 0.274 e. The van der Waals surface area contributed by atoms with Crippen molar-refractivity contribution in [1.82, 2.24) is 24.8 Å². The van der Waals surface area contributed by atoms with E-state index in [1.807, 2.05) is 24.1 Å². The molecule has 6 heteroatoms. The molecule has 1 aliphatic heterocycles. The second-order valence-corrected chi connectivity index (χ2v) is 5.68. The van der Waals surface area contributed by atoms with Gasteiger partial charge < -0.3 is 4.90 Å². The van der Waals surface area contributed by atoms with E-state index in [4.69, 9.17) is 0 Å². The highest BCUT2D eigenvalue weighted by molar-refractivity contribution is 5.92. The van der Waals surface area contributed by atoms with Gasteiger partial charge in [-0.1, -0.05) is 6.07 Å². The van der Waals surface area contributed by atoms with E-state index in [9.17, 15) is 4.79 Å². The summed E-state index contributed by atoms with van der Waals surface area (Å²) in [6, 6.07) is 4.38. The molecule has 1 amide bonds. The minimum Gasteiger partial charge on any atom is -0.334 e. The van der Waals surface area contributed by atoms with Crippen molar-refractivity contribution in [3.05, 3.63) is 53.9 Å². The van der Waals surface area contributed by atoms with E-state index in [2.05, 4.69) is 33.0 Å². The maximum Gasteiger partial charge on any atom is 0.274 e. The number of carbonyl (C=O) groups excluding carboxylic acids is 1. The van der Waals surface area contributed by atoms with E-state index in [1.165, 1.54) is 5.56 Å². The molecule has 1 fully saturated rings. The Hall–Kier alpha value is -2.34. The van der Waals surface area contributed by atoms with Crippen LogP contribution in [0, 0.1) is 6.92 Å². The summed E-state index contributed by atoms with van der Waals surface area (Å²) in [6.07, 6.45) is 6.82. The minimum atomic E-state index is -0.0430. The molecule has 2 aromatic rings. The first-order valence-corrected chi connectivity index (χ1v) is 7.30. The van der Waals surface area contributed by atoms with Crippen molar-refractivity contribution >= 4 is 5.91 Å². The molecule has 22 heavy (non-hydrogen) atoms. The van der Waals surface area contributed by atoms with Crippen LogP contribution in [0.25, 0.3) is 0 Å². The van der Waals surface area contributed by atoms with Crippen LogP contribution in [0.3, 0.4) is 0 Å². The molecule has 0 unspecified atom stereocenters. The summed E-state index contributed by atoms with van der Waals surface area (Å²) in [7, 11) is 2.07. The highest BCUT2D eigenvalue weighted by atomic mass is 16.2. The standard InChI is InChI=1S/C16H19N5O/c1-12-6-19-15(8-18-12)16(22)21-10-14(11-21)20(2)9-13-4-3-5-17-7-13/h3-8,14H,9-11H2,1-2H3. The van der Waals surface area contributed by atoms with Gasteiger partial charge in [0.05, 0.1) is 11.9 Å². The Morgan fingerprint density at radius 2 is 2.14 bits per heavy atom. The van der Waals surface area contributed by atoms with Gasteiger partial charge in [0.25, 0.3) is 5.91 Å². The maximum absolute atomic E-state index is 12.3. The average molecular weight is 297 g/mol. The van der Waals surface area contributed by atoms with Crippen molar-refractivity contribution in [2.24, 2.45) is 0 Å². The molecule has 0 N–H and O–H groups in total. The fourth-order valence-corrected chi connectivity index (χ4v) is 2.47. The molecule has 0 spiro atoms. The number of aryl methyl sites for hydroxylation is 1. The highest BCUT2D eigenvalue weighted by Gasteiger charge is 2.34. The third-order valence-corrected chi connectivity index (χ3v) is 3.93. The van der Waals surface area contributed by atoms with Gasteiger partial charge in [0.1, 0.15) is 5.69 Å². The summed E-state index contributed by atoms with van der Waals surface area (Å²) in [6.45, 7) is 4.15. The van der Waals surface area contributed by atoms with Gasteiger partial charge in [0, 0.05) is 44.3 Å². The topological polar surface area (TPSA) is 62.2 Å². The Morgan fingerprint density at radius 3 is 2.77 bits per heavy atom. The highest BCUT2D eigenvalue weighted by Crippen LogP contribution is 2.17. The summed E-state index contributed by atoms with van der Waals surface area (Å²) in [5, 5.41) is 0. The summed E-state index contributed by atoms with van der Waals surface area (Å²) >= 11 is 0. The minimum absolute atomic E-state index is 0.0430. The third kappa shape index (κ3) is 3.12. The second-order valence-electron chi connectivity index (χ2n) is 5.68. The fraction of sp³-hybridized carbons (Fsp3) is 0.375. The van der Waals surface area contributed by atoms with Crippen LogP contribution in [0.1, 0.15) is 21.7 Å². The molecule has 1 aliphatic rings. The monoisotopic (exact) mass is 297 g/mol. The van der Waals surface area contributed by atoms with Crippen LogP contribution >= 0.6 is 0 Å². The van der Waals surface area contributed by atoms with E-state index < -0.39 is 0 Å². The molecule has 0 aliphatic carbocycles. The number of rotatable bonds is 4. The maximum atomic E-state index is 12.3. The van der Waals surface area contributed by atoms with Crippen molar-refractivity contribution in [3.63, 3.8) is 0 Å². The van der Waals surface area contributed by atoms with E-state index in [0.29, 0.717) is 11.7 Å². The number of carbonyl (C=O) groups is 1. The third-order valence-electron chi connectivity index (χ3n) is 3.93. The van der Waals surface area contributed by atoms with Gasteiger partial charge >= 0.3 is 0 Å². The Morgan fingerprint density at radius 1 is 1.32 bits per heavy atom. The number of likely N-dealkylation sites (N-methyl/N-ethyl adjacent to an activating group) is 1. The van der Waals surface area contributed by atoms with Crippen molar-refractivity contribution < 1.29 is 4.79 Å². The molecular formula is C16H19N5O. The van der Waals surface area contributed by atoms with Crippen LogP contribution in [0.4, 0.5) is 0 Å². The normalized spacial score (nSPS) is 15.0. The van der Waals surface area contributed by atoms with Crippen LogP contribution in [0.2, 0.25) is 0 Å². The van der Waals surface area contributed by atoms with Crippen LogP contribution in [-0.4, -0.2) is 56.8 Å². The number of aromatic nitrogens is 3. The molecule has 3 heterocycles. The van der Waals surface area contributed by atoms with Gasteiger partial charge in [0.15, 0.2) is 0 Å². The van der Waals surface area contributed by atoms with E-state index in [-0.39, 0.29) is 5.91 Å². The SMILES string of the molecule is Cc1cnc(C(=O)N2CC(N(C)Cc3cccnc3)C2)cn1. The summed E-state index contributed by atoms with van der Waals surface area (Å²) < 4.78 is 0. The molecule has 0 radical (unpaired) electrons. The Kier molecular flexibility index (Phi) is 4.11. The van der Waals surface area contributed by atoms with Gasteiger partial charge in [-0.2, -0.15) is 0 Å². The lowest BCUT2D eigenvalue weighted by atomic mass is 10.1. The fourth-order valence-electron chi connectivity index (χ4n) is 2.47. The molecule has 2 aromatic heterocycles. The lowest BCUT2D eigenvalue weighted by Crippen LogP contribution is -2.60. The lowest BCUT2D eigenvalue weighted by Gasteiger charge is -2.43. The Labute approximate surface area is 129 Å². The van der Waals surface area contributed by atoms with Gasteiger partial charge in [0.2, 0.25) is 0 Å². The van der Waals surface area contributed by atoms with Crippen LogP contribution in [0.15, 0.2) is 36.9 Å². The lowest BCUT2D eigenvalue weighted by molar-refractivity contribution is 0.0315. The van der Waals surface area contributed by atoms with Crippen LogP contribution in [0.5, 0.6) is 0 Å². The molecule has 0 atom stereocenters. The molecule has 114 valence electrons. The largest absolute Gasteiger partial charge is 0.334 e. The Bertz CT molecular complexity index is 637. The predicted octanol–water partition coefficient (Wildman–Crippen LogP) is 1.14. The van der Waals surface area contributed by atoms with Gasteiger partial charge in [-0.15, -0.1) is 0 Å². The second kappa shape index (κ2) is 6.19. The number of hydrogen-bond donors (Lipinski definition) is 0. The number of amides is 1. The van der Waals surface area contributed by atoms with Crippen molar-refractivity contribution in [1.29, 1.82) is 0 Å². The molecule has 0 saturated carbocycles. The predicted molar refractivity (Wildman–Crippen MR) is 82.2 cm³/mol. The zero-order chi connectivity index (χ0) is 15.5. The van der Waals surface area contributed by atoms with Crippen LogP contribution < -0.4 is 0 Å². The molecule has 1 saturated heterocycles. The first-order chi connectivity index (χ1) is 10.6.